The Balaban J connectivity index is 1.92. The molecule has 0 aliphatic carbocycles. The molecule has 2 saturated heterocycles. The number of piperidine rings is 2. The molecular formula is C12H19N3O3. The van der Waals surface area contributed by atoms with E-state index in [-0.39, 0.29) is 29.6 Å². The number of carbonyl (C=O) groups is 3. The maximum Gasteiger partial charge on any atom is 0.227 e. The predicted molar refractivity (Wildman–Crippen MR) is 64.2 cm³/mol. The molecule has 100 valence electrons. The van der Waals surface area contributed by atoms with Crippen molar-refractivity contribution in [3.63, 3.8) is 0 Å². The molecule has 3 N–H and O–H groups in total. The quantitative estimate of drug-likeness (QED) is 0.677. The van der Waals surface area contributed by atoms with E-state index in [1.54, 1.807) is 4.90 Å². The van der Waals surface area contributed by atoms with Gasteiger partial charge in [-0.2, -0.15) is 0 Å². The lowest BCUT2D eigenvalue weighted by atomic mass is 9.93. The van der Waals surface area contributed by atoms with E-state index in [9.17, 15) is 14.4 Å². The first-order valence-electron chi connectivity index (χ1n) is 6.42. The number of nitrogens with two attached hydrogens (primary N) is 1. The molecule has 2 unspecified atom stereocenters. The summed E-state index contributed by atoms with van der Waals surface area (Å²) in [4.78, 5) is 36.2. The number of nitrogens with zero attached hydrogens (tertiary/aromatic N) is 1. The third kappa shape index (κ3) is 2.80. The van der Waals surface area contributed by atoms with E-state index in [4.69, 9.17) is 5.73 Å². The molecule has 2 aliphatic rings. The van der Waals surface area contributed by atoms with Crippen molar-refractivity contribution >= 4 is 17.7 Å². The van der Waals surface area contributed by atoms with Gasteiger partial charge in [0.15, 0.2) is 0 Å². The second-order valence-corrected chi connectivity index (χ2v) is 5.07. The van der Waals surface area contributed by atoms with Gasteiger partial charge in [-0.3, -0.25) is 14.4 Å². The van der Waals surface area contributed by atoms with Crippen molar-refractivity contribution in [1.82, 2.24) is 10.2 Å². The first kappa shape index (κ1) is 12.9. The van der Waals surface area contributed by atoms with Crippen molar-refractivity contribution in [2.24, 2.45) is 17.6 Å². The molecule has 2 aliphatic heterocycles. The van der Waals surface area contributed by atoms with Gasteiger partial charge in [-0.15, -0.1) is 0 Å². The fraction of sp³-hybridized carbons (Fsp3) is 0.750. The fourth-order valence-corrected chi connectivity index (χ4v) is 2.61. The highest BCUT2D eigenvalue weighted by molar-refractivity contribution is 5.84. The van der Waals surface area contributed by atoms with Gasteiger partial charge < -0.3 is 16.0 Å². The first-order chi connectivity index (χ1) is 8.58. The highest BCUT2D eigenvalue weighted by Gasteiger charge is 2.32. The van der Waals surface area contributed by atoms with Gasteiger partial charge in [-0.1, -0.05) is 0 Å². The smallest absolute Gasteiger partial charge is 0.227 e. The van der Waals surface area contributed by atoms with Crippen LogP contribution in [0.5, 0.6) is 0 Å². The zero-order chi connectivity index (χ0) is 13.1. The Labute approximate surface area is 106 Å². The number of nitrogens with one attached hydrogen (secondary N) is 1. The van der Waals surface area contributed by atoms with Crippen LogP contribution in [0.1, 0.15) is 25.7 Å². The van der Waals surface area contributed by atoms with Crippen LogP contribution in [0, 0.1) is 11.8 Å². The van der Waals surface area contributed by atoms with Crippen LogP contribution in [-0.2, 0) is 14.4 Å². The van der Waals surface area contributed by atoms with Crippen LogP contribution in [0.2, 0.25) is 0 Å². The van der Waals surface area contributed by atoms with Gasteiger partial charge in [0.1, 0.15) is 0 Å². The summed E-state index contributed by atoms with van der Waals surface area (Å²) < 4.78 is 0. The van der Waals surface area contributed by atoms with Crippen LogP contribution in [0.25, 0.3) is 0 Å². The number of primary amides is 1. The van der Waals surface area contributed by atoms with Crippen LogP contribution >= 0.6 is 0 Å². The van der Waals surface area contributed by atoms with E-state index in [1.807, 2.05) is 0 Å². The van der Waals surface area contributed by atoms with Crippen LogP contribution in [0.3, 0.4) is 0 Å². The molecule has 2 atom stereocenters. The Morgan fingerprint density at radius 3 is 2.67 bits per heavy atom. The standard InChI is InChI=1S/C12H19N3O3/c13-11(17)9-2-1-5-15(7-9)12(18)8-3-4-10(16)14-6-8/h8-9H,1-7H2,(H2,13,17)(H,14,16). The van der Waals surface area contributed by atoms with E-state index in [0.29, 0.717) is 32.5 Å². The number of carbonyl (C=O) groups excluding carboxylic acids is 3. The summed E-state index contributed by atoms with van der Waals surface area (Å²) in [5.41, 5.74) is 5.29. The molecular weight excluding hydrogens is 234 g/mol. The predicted octanol–water partition coefficient (Wildman–Crippen LogP) is -0.763. The van der Waals surface area contributed by atoms with Crippen molar-refractivity contribution in [1.29, 1.82) is 0 Å². The normalized spacial score (nSPS) is 28.7. The topological polar surface area (TPSA) is 92.5 Å². The van der Waals surface area contributed by atoms with E-state index < -0.39 is 0 Å². The summed E-state index contributed by atoms with van der Waals surface area (Å²) in [6, 6.07) is 0. The second kappa shape index (κ2) is 5.37. The van der Waals surface area contributed by atoms with Gasteiger partial charge in [0, 0.05) is 26.1 Å². The largest absolute Gasteiger partial charge is 0.369 e. The summed E-state index contributed by atoms with van der Waals surface area (Å²) >= 11 is 0. The van der Waals surface area contributed by atoms with E-state index >= 15 is 0 Å². The maximum atomic E-state index is 12.3. The Hall–Kier alpha value is -1.59. The summed E-state index contributed by atoms with van der Waals surface area (Å²) in [5, 5.41) is 2.71. The second-order valence-electron chi connectivity index (χ2n) is 5.07. The highest BCUT2D eigenvalue weighted by atomic mass is 16.2. The first-order valence-corrected chi connectivity index (χ1v) is 6.42. The van der Waals surface area contributed by atoms with Crippen molar-refractivity contribution in [3.05, 3.63) is 0 Å². The number of hydrogen-bond acceptors (Lipinski definition) is 3. The average molecular weight is 253 g/mol. The van der Waals surface area contributed by atoms with Gasteiger partial charge in [-0.05, 0) is 19.3 Å². The number of hydrogen-bond donors (Lipinski definition) is 2. The van der Waals surface area contributed by atoms with Gasteiger partial charge in [0.2, 0.25) is 17.7 Å². The zero-order valence-corrected chi connectivity index (χ0v) is 10.4. The van der Waals surface area contributed by atoms with Gasteiger partial charge in [0.25, 0.3) is 0 Å². The fourth-order valence-electron chi connectivity index (χ4n) is 2.61. The van der Waals surface area contributed by atoms with Crippen LogP contribution < -0.4 is 11.1 Å². The van der Waals surface area contributed by atoms with Gasteiger partial charge in [-0.25, -0.2) is 0 Å². The van der Waals surface area contributed by atoms with Crippen molar-refractivity contribution < 1.29 is 14.4 Å². The van der Waals surface area contributed by atoms with Crippen molar-refractivity contribution in [2.45, 2.75) is 25.7 Å². The molecule has 6 nitrogen and oxygen atoms in total. The SMILES string of the molecule is NC(=O)C1CCCN(C(=O)C2CCC(=O)NC2)C1. The summed E-state index contributed by atoms with van der Waals surface area (Å²) in [7, 11) is 0. The number of amides is 3. The summed E-state index contributed by atoms with van der Waals surface area (Å²) in [5.74, 6) is -0.645. The molecule has 3 amide bonds. The van der Waals surface area contributed by atoms with Crippen LogP contribution in [0.4, 0.5) is 0 Å². The molecule has 0 aromatic heterocycles. The Bertz CT molecular complexity index is 360. The van der Waals surface area contributed by atoms with Crippen LogP contribution in [0.15, 0.2) is 0 Å². The van der Waals surface area contributed by atoms with Gasteiger partial charge >= 0.3 is 0 Å². The minimum absolute atomic E-state index is 0.00714. The molecule has 0 aromatic carbocycles. The lowest BCUT2D eigenvalue weighted by Crippen LogP contribution is -2.49. The van der Waals surface area contributed by atoms with E-state index in [0.717, 1.165) is 12.8 Å². The molecule has 2 rings (SSSR count). The third-order valence-electron chi connectivity index (χ3n) is 3.75. The Morgan fingerprint density at radius 1 is 1.28 bits per heavy atom. The number of rotatable bonds is 2. The minimum Gasteiger partial charge on any atom is -0.369 e. The summed E-state index contributed by atoms with van der Waals surface area (Å²) in [6.45, 7) is 1.53. The highest BCUT2D eigenvalue weighted by Crippen LogP contribution is 2.20. The molecule has 2 fully saturated rings. The Kier molecular flexibility index (Phi) is 3.84. The van der Waals surface area contributed by atoms with E-state index in [1.165, 1.54) is 0 Å². The molecule has 0 radical (unpaired) electrons. The maximum absolute atomic E-state index is 12.3. The molecule has 0 aromatic rings. The number of likely N-dealkylation sites (tertiary alicyclic amines) is 1. The minimum atomic E-state index is -0.329. The monoisotopic (exact) mass is 253 g/mol. The Morgan fingerprint density at radius 2 is 2.06 bits per heavy atom. The summed E-state index contributed by atoms with van der Waals surface area (Å²) in [6.07, 6.45) is 2.59. The molecule has 6 heteroatoms. The van der Waals surface area contributed by atoms with Crippen molar-refractivity contribution in [2.75, 3.05) is 19.6 Å². The third-order valence-corrected chi connectivity index (χ3v) is 3.75. The lowest BCUT2D eigenvalue weighted by molar-refractivity contribution is -0.140. The van der Waals surface area contributed by atoms with Crippen LogP contribution in [-0.4, -0.2) is 42.3 Å². The molecule has 18 heavy (non-hydrogen) atoms. The van der Waals surface area contributed by atoms with E-state index in [2.05, 4.69) is 5.32 Å². The molecule has 0 saturated carbocycles. The average Bonchev–Trinajstić information content (AvgIpc) is 2.39. The molecule has 2 heterocycles. The lowest BCUT2D eigenvalue weighted by Gasteiger charge is -2.34. The molecule has 0 bridgehead atoms. The zero-order valence-electron chi connectivity index (χ0n) is 10.4. The molecule has 0 spiro atoms. The van der Waals surface area contributed by atoms with Gasteiger partial charge in [0.05, 0.1) is 11.8 Å². The van der Waals surface area contributed by atoms with Crippen molar-refractivity contribution in [3.8, 4) is 0 Å².